The summed E-state index contributed by atoms with van der Waals surface area (Å²) in [7, 11) is 0. The highest BCUT2D eigenvalue weighted by Crippen LogP contribution is 2.47. The molecule has 4 atom stereocenters. The second-order valence-corrected chi connectivity index (χ2v) is 28.6. The molecule has 0 aromatic rings. The van der Waals surface area contributed by atoms with E-state index in [2.05, 4.69) is 13.8 Å². The van der Waals surface area contributed by atoms with Crippen LogP contribution in [0.2, 0.25) is 0 Å². The molecule has 2 rings (SSSR count). The number of unbranched alkanes of at least 4 members (excludes halogenated alkanes) is 60. The first kappa shape index (κ1) is 75.8. The third-order valence-corrected chi connectivity index (χ3v) is 20.6. The van der Waals surface area contributed by atoms with Crippen LogP contribution in [0, 0.1) is 23.7 Å². The Morgan fingerprint density at radius 2 is 0.312 bits per heavy atom. The van der Waals surface area contributed by atoms with Gasteiger partial charge in [0.2, 0.25) is 0 Å². The van der Waals surface area contributed by atoms with Gasteiger partial charge in [-0.3, -0.25) is 4.79 Å². The van der Waals surface area contributed by atoms with Gasteiger partial charge in [-0.15, -0.1) is 0 Å². The van der Waals surface area contributed by atoms with Crippen LogP contribution in [-0.4, -0.2) is 5.78 Å². The molecule has 0 aromatic heterocycles. The van der Waals surface area contributed by atoms with Crippen LogP contribution in [0.3, 0.4) is 0 Å². The summed E-state index contributed by atoms with van der Waals surface area (Å²) in [6.45, 7) is 4.63. The number of ketones is 1. The van der Waals surface area contributed by atoms with Gasteiger partial charge in [0.15, 0.2) is 0 Å². The summed E-state index contributed by atoms with van der Waals surface area (Å²) < 4.78 is 0. The van der Waals surface area contributed by atoms with Crippen molar-refractivity contribution in [2.24, 2.45) is 23.7 Å². The second kappa shape index (κ2) is 63.2. The van der Waals surface area contributed by atoms with Gasteiger partial charge in [-0.05, 0) is 49.4 Å². The van der Waals surface area contributed by atoms with E-state index in [0.29, 0.717) is 5.78 Å². The van der Waals surface area contributed by atoms with E-state index in [0.717, 1.165) is 49.4 Å². The topological polar surface area (TPSA) is 17.1 Å². The van der Waals surface area contributed by atoms with Gasteiger partial charge in [0, 0.05) is 12.8 Å². The van der Waals surface area contributed by atoms with Crippen LogP contribution >= 0.6 is 0 Å². The number of carbonyl (C=O) groups excluding carboxylic acids is 1. The molecule has 0 amide bonds. The minimum absolute atomic E-state index is 0.539. The fourth-order valence-electron chi connectivity index (χ4n) is 14.5. The van der Waals surface area contributed by atoms with E-state index in [9.17, 15) is 4.79 Å². The van der Waals surface area contributed by atoms with Crippen molar-refractivity contribution in [1.29, 1.82) is 0 Å². The maximum absolute atomic E-state index is 12.4. The Morgan fingerprint density at radius 3 is 0.463 bits per heavy atom. The van der Waals surface area contributed by atoms with Gasteiger partial charge in [0.25, 0.3) is 0 Å². The van der Waals surface area contributed by atoms with Crippen LogP contribution in [0.5, 0.6) is 0 Å². The van der Waals surface area contributed by atoms with Gasteiger partial charge in [-0.2, -0.15) is 0 Å². The van der Waals surface area contributed by atoms with Crippen molar-refractivity contribution >= 4 is 5.78 Å². The lowest BCUT2D eigenvalue weighted by atomic mass is 10.0. The van der Waals surface area contributed by atoms with Crippen LogP contribution in [-0.2, 0) is 4.79 Å². The zero-order valence-electron chi connectivity index (χ0n) is 56.1. The lowest BCUT2D eigenvalue weighted by Crippen LogP contribution is -1.97. The Bertz CT molecular complexity index is 1170. The quantitative estimate of drug-likeness (QED) is 0.0555. The average molecular weight is 1120 g/mol. The highest BCUT2D eigenvalue weighted by atomic mass is 16.1. The van der Waals surface area contributed by atoms with E-state index in [-0.39, 0.29) is 0 Å². The number of Topliss-reactive ketones (excluding diaryl/α,β-unsaturated/α-hetero) is 1. The predicted molar refractivity (Wildman–Crippen MR) is 363 cm³/mol. The van der Waals surface area contributed by atoms with Gasteiger partial charge in [-0.1, -0.05) is 438 Å². The monoisotopic (exact) mass is 1120 g/mol. The van der Waals surface area contributed by atoms with E-state index in [1.807, 2.05) is 0 Å². The molecule has 2 saturated carbocycles. The summed E-state index contributed by atoms with van der Waals surface area (Å²) in [4.78, 5) is 12.4. The molecule has 2 aliphatic rings. The zero-order chi connectivity index (χ0) is 56.8. The van der Waals surface area contributed by atoms with Crippen molar-refractivity contribution < 1.29 is 4.79 Å². The molecule has 0 aromatic carbocycles. The van der Waals surface area contributed by atoms with Crippen molar-refractivity contribution in [2.75, 3.05) is 0 Å². The Morgan fingerprint density at radius 1 is 0.188 bits per heavy atom. The van der Waals surface area contributed by atoms with Crippen molar-refractivity contribution in [3.05, 3.63) is 0 Å². The lowest BCUT2D eigenvalue weighted by Gasteiger charge is -2.05. The van der Waals surface area contributed by atoms with Crippen LogP contribution in [0.25, 0.3) is 0 Å². The van der Waals surface area contributed by atoms with Gasteiger partial charge in [0.05, 0.1) is 0 Å². The van der Waals surface area contributed by atoms with Crippen LogP contribution in [0.4, 0.5) is 0 Å². The molecule has 0 radical (unpaired) electrons. The molecule has 476 valence electrons. The van der Waals surface area contributed by atoms with Crippen molar-refractivity contribution in [1.82, 2.24) is 0 Å². The van der Waals surface area contributed by atoms with E-state index >= 15 is 0 Å². The van der Waals surface area contributed by atoms with Gasteiger partial charge >= 0.3 is 0 Å². The second-order valence-electron chi connectivity index (χ2n) is 28.6. The van der Waals surface area contributed by atoms with E-state index in [4.69, 9.17) is 0 Å². The van der Waals surface area contributed by atoms with Crippen molar-refractivity contribution in [2.45, 2.75) is 476 Å². The standard InChI is InChI=1S/C79H154O/c1-3-5-7-9-11-13-15-17-19-21-22-23-24-25-27-35-41-47-53-59-65-71-79(80)72-66-60-54-48-42-36-29-28-32-38-44-50-56-62-68-76-74-78(76)70-64-58-52-46-40-34-30-33-39-45-51-57-63-69-77-73-75(77)67-61-55-49-43-37-31-26-20-18-16-14-12-10-8-6-4-2/h75-78H,3-74H2,1-2H3. The Labute approximate surface area is 507 Å². The highest BCUT2D eigenvalue weighted by Gasteiger charge is 2.35. The largest absolute Gasteiger partial charge is 0.300 e. The third-order valence-electron chi connectivity index (χ3n) is 20.6. The van der Waals surface area contributed by atoms with Gasteiger partial charge < -0.3 is 0 Å². The lowest BCUT2D eigenvalue weighted by molar-refractivity contribution is -0.119. The summed E-state index contributed by atoms with van der Waals surface area (Å²) >= 11 is 0. The molecule has 0 heterocycles. The zero-order valence-corrected chi connectivity index (χ0v) is 56.1. The first-order valence-electron chi connectivity index (χ1n) is 39.3. The molecular weight excluding hydrogens is 965 g/mol. The molecule has 0 spiro atoms. The van der Waals surface area contributed by atoms with Crippen LogP contribution < -0.4 is 0 Å². The van der Waals surface area contributed by atoms with Crippen LogP contribution in [0.1, 0.15) is 476 Å². The van der Waals surface area contributed by atoms with Gasteiger partial charge in [-0.25, -0.2) is 0 Å². The predicted octanol–water partition coefficient (Wildman–Crippen LogP) is 29.2. The minimum Gasteiger partial charge on any atom is -0.300 e. The Hall–Kier alpha value is -0.330. The average Bonchev–Trinajstić information content (AvgIpc) is 4.41. The molecule has 1 nitrogen and oxygen atoms in total. The van der Waals surface area contributed by atoms with Crippen molar-refractivity contribution in [3.63, 3.8) is 0 Å². The molecule has 2 aliphatic carbocycles. The molecular formula is C79H154O. The Kier molecular flexibility index (Phi) is 59.8. The number of hydrogen-bond donors (Lipinski definition) is 0. The fourth-order valence-corrected chi connectivity index (χ4v) is 14.5. The first-order valence-corrected chi connectivity index (χ1v) is 39.3. The smallest absolute Gasteiger partial charge is 0.132 e. The molecule has 80 heavy (non-hydrogen) atoms. The molecule has 2 fully saturated rings. The third kappa shape index (κ3) is 56.8. The maximum Gasteiger partial charge on any atom is 0.132 e. The van der Waals surface area contributed by atoms with Crippen molar-refractivity contribution in [3.8, 4) is 0 Å². The minimum atomic E-state index is 0.539. The summed E-state index contributed by atoms with van der Waals surface area (Å²) in [6.07, 6.45) is 104. The van der Waals surface area contributed by atoms with E-state index in [1.165, 1.54) is 398 Å². The number of carbonyl (C=O) groups is 1. The molecule has 0 N–H and O–H groups in total. The molecule has 1 heteroatoms. The molecule has 0 aliphatic heterocycles. The highest BCUT2D eigenvalue weighted by molar-refractivity contribution is 5.78. The molecule has 0 saturated heterocycles. The summed E-state index contributed by atoms with van der Waals surface area (Å²) in [5, 5.41) is 0. The maximum atomic E-state index is 12.4. The van der Waals surface area contributed by atoms with Gasteiger partial charge in [0.1, 0.15) is 5.78 Å². The summed E-state index contributed by atoms with van der Waals surface area (Å²) in [5.74, 6) is 5.01. The van der Waals surface area contributed by atoms with Crippen LogP contribution in [0.15, 0.2) is 0 Å². The number of rotatable bonds is 72. The summed E-state index contributed by atoms with van der Waals surface area (Å²) in [6, 6.07) is 0. The normalized spacial score (nSPS) is 16.8. The first-order chi connectivity index (χ1) is 39.7. The molecule has 4 unspecified atom stereocenters. The Balaban J connectivity index is 1.14. The summed E-state index contributed by atoms with van der Waals surface area (Å²) in [5.41, 5.74) is 0. The number of hydrogen-bond acceptors (Lipinski definition) is 1. The van der Waals surface area contributed by atoms with E-state index in [1.54, 1.807) is 38.5 Å². The molecule has 0 bridgehead atoms. The fraction of sp³-hybridized carbons (Fsp3) is 0.987. The van der Waals surface area contributed by atoms with E-state index < -0.39 is 0 Å². The SMILES string of the molecule is CCCCCCCCCCCCCCCCCCCCCCCC(=O)CCCCCCCCCCCCCCCCC1CC1CCCCCCCCCCCCCCCC1CC1CCCCCCCCCCCCCCCCCC.